The predicted octanol–water partition coefficient (Wildman–Crippen LogP) is 3.68. The van der Waals surface area contributed by atoms with Gasteiger partial charge >= 0.3 is 7.48 Å². The molecule has 0 amide bonds. The molecule has 26 heavy (non-hydrogen) atoms. The van der Waals surface area contributed by atoms with Crippen molar-refractivity contribution in [3.05, 3.63) is 48.7 Å². The molecule has 0 fully saturated rings. The average molecular weight is 347 g/mol. The number of hydrogen-bond acceptors (Lipinski definition) is 4. The van der Waals surface area contributed by atoms with E-state index in [0.717, 1.165) is 38.3 Å². The van der Waals surface area contributed by atoms with Gasteiger partial charge in [-0.25, -0.2) is 0 Å². The van der Waals surface area contributed by atoms with Crippen LogP contribution in [-0.4, -0.2) is 28.8 Å². The summed E-state index contributed by atoms with van der Waals surface area (Å²) in [5.41, 5.74) is 1.84. The lowest BCUT2D eigenvalue weighted by Crippen LogP contribution is -2.49. The Kier molecular flexibility index (Phi) is 3.83. The van der Waals surface area contributed by atoms with Gasteiger partial charge in [-0.1, -0.05) is 24.3 Å². The van der Waals surface area contributed by atoms with E-state index in [1.54, 1.807) is 20.0 Å². The predicted molar refractivity (Wildman–Crippen MR) is 107 cm³/mol. The second-order valence-corrected chi connectivity index (χ2v) is 7.77. The topological polar surface area (TPSA) is 55.5 Å². The van der Waals surface area contributed by atoms with Gasteiger partial charge in [0.2, 0.25) is 0 Å². The van der Waals surface area contributed by atoms with E-state index in [-0.39, 0.29) is 0 Å². The summed E-state index contributed by atoms with van der Waals surface area (Å²) < 4.78 is 12.3. The number of hydrogen-bond donors (Lipinski definition) is 1. The van der Waals surface area contributed by atoms with Gasteiger partial charge in [0.1, 0.15) is 11.2 Å². The number of fused-ring (bicyclic) bond motifs is 5. The van der Waals surface area contributed by atoms with Crippen molar-refractivity contribution < 1.29 is 14.2 Å². The Hall–Kier alpha value is -2.37. The molecule has 0 aliphatic carbocycles. The molecule has 0 saturated heterocycles. The van der Waals surface area contributed by atoms with Crippen LogP contribution in [0.25, 0.3) is 32.8 Å². The molecule has 4 aromatic rings. The molecule has 0 saturated carbocycles. The maximum absolute atomic E-state index is 10.4. The van der Waals surface area contributed by atoms with Crippen LogP contribution in [0.15, 0.2) is 53.1 Å². The van der Waals surface area contributed by atoms with Crippen LogP contribution >= 0.6 is 0 Å². The van der Waals surface area contributed by atoms with Gasteiger partial charge in [0.15, 0.2) is 0 Å². The number of nitrogens with zero attached hydrogens (tertiary/aromatic N) is 1. The molecule has 132 valence electrons. The van der Waals surface area contributed by atoms with Crippen molar-refractivity contribution in [3.63, 3.8) is 0 Å². The number of benzene rings is 2. The fraction of sp³-hybridized carbons (Fsp3) is 0.286. The van der Waals surface area contributed by atoms with Gasteiger partial charge in [-0.15, -0.1) is 0 Å². The van der Waals surface area contributed by atoms with Crippen LogP contribution in [0.4, 0.5) is 0 Å². The highest BCUT2D eigenvalue weighted by Gasteiger charge is 2.36. The van der Waals surface area contributed by atoms with E-state index in [4.69, 9.17) is 9.07 Å². The Balaban J connectivity index is 1.91. The molecule has 4 rings (SSSR count). The highest BCUT2D eigenvalue weighted by atomic mass is 16.5. The molecule has 1 N–H and O–H groups in total. The maximum atomic E-state index is 10.4. The zero-order valence-electron chi connectivity index (χ0n) is 15.5. The van der Waals surface area contributed by atoms with Crippen LogP contribution in [0.5, 0.6) is 0 Å². The SMILES string of the molecule is CC(C)(O)C(C)(C)OBc1cc2ncccc2c2c1oc1ccccc12. The van der Waals surface area contributed by atoms with Crippen LogP contribution in [0, 0.1) is 0 Å². The van der Waals surface area contributed by atoms with Crippen molar-refractivity contribution >= 4 is 45.8 Å². The largest absolute Gasteiger partial charge is 0.457 e. The van der Waals surface area contributed by atoms with Crippen molar-refractivity contribution in [1.82, 2.24) is 4.98 Å². The van der Waals surface area contributed by atoms with Crippen LogP contribution in [0.3, 0.4) is 0 Å². The third-order valence-electron chi connectivity index (χ3n) is 5.37. The normalized spacial score (nSPS) is 13.0. The molecule has 4 nitrogen and oxygen atoms in total. The summed E-state index contributed by atoms with van der Waals surface area (Å²) in [6, 6.07) is 14.1. The first kappa shape index (κ1) is 17.1. The van der Waals surface area contributed by atoms with E-state index >= 15 is 0 Å². The van der Waals surface area contributed by atoms with E-state index in [2.05, 4.69) is 17.1 Å². The number of rotatable bonds is 4. The number of aliphatic hydroxyl groups is 1. The summed E-state index contributed by atoms with van der Waals surface area (Å²) in [5.74, 6) is 0. The molecule has 0 aliphatic rings. The Labute approximate surface area is 153 Å². The highest BCUT2D eigenvalue weighted by molar-refractivity contribution is 6.52. The average Bonchev–Trinajstić information content (AvgIpc) is 2.98. The summed E-state index contributed by atoms with van der Waals surface area (Å²) in [5, 5.41) is 13.6. The van der Waals surface area contributed by atoms with Gasteiger partial charge in [0, 0.05) is 22.4 Å². The quantitative estimate of drug-likeness (QED) is 0.572. The van der Waals surface area contributed by atoms with Crippen molar-refractivity contribution in [2.45, 2.75) is 38.9 Å². The molecule has 2 aromatic carbocycles. The fourth-order valence-electron chi connectivity index (χ4n) is 3.06. The molecule has 0 radical (unpaired) electrons. The van der Waals surface area contributed by atoms with E-state index in [1.807, 2.05) is 44.2 Å². The van der Waals surface area contributed by atoms with Crippen LogP contribution < -0.4 is 5.46 Å². The Morgan fingerprint density at radius 3 is 2.54 bits per heavy atom. The van der Waals surface area contributed by atoms with Crippen LogP contribution in [-0.2, 0) is 4.65 Å². The Morgan fingerprint density at radius 1 is 1.04 bits per heavy atom. The lowest BCUT2D eigenvalue weighted by molar-refractivity contribution is -0.0893. The molecule has 0 bridgehead atoms. The molecule has 2 heterocycles. The molecule has 0 spiro atoms. The van der Waals surface area contributed by atoms with Gasteiger partial charge in [-0.2, -0.15) is 0 Å². The number of para-hydroxylation sites is 1. The van der Waals surface area contributed by atoms with Crippen molar-refractivity contribution in [3.8, 4) is 0 Å². The summed E-state index contributed by atoms with van der Waals surface area (Å²) in [6.07, 6.45) is 1.79. The first-order valence-corrected chi connectivity index (χ1v) is 8.82. The van der Waals surface area contributed by atoms with E-state index in [1.165, 1.54) is 0 Å². The standard InChI is InChI=1S/C21H22BNO3/c1-20(2,24)21(3,4)26-22-15-12-16-13(9-7-11-23-16)18-14-8-5-6-10-17(14)25-19(15)18/h5-12,22,24H,1-4H3. The Morgan fingerprint density at radius 2 is 1.77 bits per heavy atom. The molecular formula is C21H22BNO3. The van der Waals surface area contributed by atoms with E-state index in [9.17, 15) is 5.11 Å². The van der Waals surface area contributed by atoms with Gasteiger partial charge in [-0.05, 0) is 51.4 Å². The first-order chi connectivity index (χ1) is 12.3. The Bertz CT molecular complexity index is 1110. The summed E-state index contributed by atoms with van der Waals surface area (Å²) in [4.78, 5) is 4.52. The molecule has 2 aromatic heterocycles. The van der Waals surface area contributed by atoms with Crippen LogP contribution in [0.1, 0.15) is 27.7 Å². The third kappa shape index (κ3) is 2.68. The van der Waals surface area contributed by atoms with Gasteiger partial charge < -0.3 is 14.2 Å². The molecule has 5 heteroatoms. The molecule has 0 atom stereocenters. The van der Waals surface area contributed by atoms with Crippen molar-refractivity contribution in [2.75, 3.05) is 0 Å². The molecular weight excluding hydrogens is 325 g/mol. The minimum atomic E-state index is -0.963. The minimum absolute atomic E-state index is 0.333. The van der Waals surface area contributed by atoms with E-state index in [0.29, 0.717) is 7.48 Å². The molecule has 0 aliphatic heterocycles. The maximum Gasteiger partial charge on any atom is 0.313 e. The summed E-state index contributed by atoms with van der Waals surface area (Å²) in [6.45, 7) is 7.29. The lowest BCUT2D eigenvalue weighted by Gasteiger charge is -2.37. The second-order valence-electron chi connectivity index (χ2n) is 7.77. The minimum Gasteiger partial charge on any atom is -0.457 e. The van der Waals surface area contributed by atoms with Crippen molar-refractivity contribution in [2.24, 2.45) is 0 Å². The van der Waals surface area contributed by atoms with Gasteiger partial charge in [0.05, 0.1) is 16.7 Å². The zero-order chi connectivity index (χ0) is 18.5. The summed E-state index contributed by atoms with van der Waals surface area (Å²) in [7, 11) is 0.333. The van der Waals surface area contributed by atoms with E-state index < -0.39 is 11.2 Å². The zero-order valence-corrected chi connectivity index (χ0v) is 15.5. The van der Waals surface area contributed by atoms with Gasteiger partial charge in [0.25, 0.3) is 0 Å². The number of furan rings is 1. The first-order valence-electron chi connectivity index (χ1n) is 8.82. The second kappa shape index (κ2) is 5.83. The smallest absolute Gasteiger partial charge is 0.313 e. The molecule has 0 unspecified atom stereocenters. The monoisotopic (exact) mass is 347 g/mol. The van der Waals surface area contributed by atoms with Gasteiger partial charge in [-0.3, -0.25) is 4.98 Å². The number of pyridine rings is 1. The lowest BCUT2D eigenvalue weighted by atomic mass is 9.81. The highest BCUT2D eigenvalue weighted by Crippen LogP contribution is 2.33. The summed E-state index contributed by atoms with van der Waals surface area (Å²) >= 11 is 0. The van der Waals surface area contributed by atoms with Crippen LogP contribution in [0.2, 0.25) is 0 Å². The number of aromatic nitrogens is 1. The third-order valence-corrected chi connectivity index (χ3v) is 5.37. The fourth-order valence-corrected chi connectivity index (χ4v) is 3.06. The van der Waals surface area contributed by atoms with Crippen molar-refractivity contribution in [1.29, 1.82) is 0 Å².